The zero-order valence-electron chi connectivity index (χ0n) is 13.1. The Morgan fingerprint density at radius 3 is 2.50 bits per heavy atom. The SMILES string of the molecule is C[C@@H](CCNC(=O)N1CCC(C(N)=O)CC1)c1ccccc1. The van der Waals surface area contributed by atoms with E-state index in [0.717, 1.165) is 6.42 Å². The lowest BCUT2D eigenvalue weighted by atomic mass is 9.96. The van der Waals surface area contributed by atoms with Crippen LogP contribution in [-0.4, -0.2) is 36.5 Å². The minimum atomic E-state index is -0.253. The molecule has 0 saturated carbocycles. The Morgan fingerprint density at radius 1 is 1.27 bits per heavy atom. The standard InChI is InChI=1S/C17H25N3O2/c1-13(14-5-3-2-4-6-14)7-10-19-17(22)20-11-8-15(9-12-20)16(18)21/h2-6,13,15H,7-12H2,1H3,(H2,18,21)(H,19,22)/t13-/m0/s1. The van der Waals surface area contributed by atoms with Crippen molar-refractivity contribution in [2.75, 3.05) is 19.6 Å². The number of nitrogens with two attached hydrogens (primary N) is 1. The molecule has 3 N–H and O–H groups in total. The van der Waals surface area contributed by atoms with Gasteiger partial charge in [-0.05, 0) is 30.7 Å². The summed E-state index contributed by atoms with van der Waals surface area (Å²) in [4.78, 5) is 25.0. The summed E-state index contributed by atoms with van der Waals surface area (Å²) >= 11 is 0. The molecule has 0 spiro atoms. The first kappa shape index (κ1) is 16.3. The van der Waals surface area contributed by atoms with E-state index in [4.69, 9.17) is 5.73 Å². The van der Waals surface area contributed by atoms with E-state index in [0.29, 0.717) is 38.4 Å². The average Bonchev–Trinajstić information content (AvgIpc) is 2.55. The third kappa shape index (κ3) is 4.48. The number of likely N-dealkylation sites (tertiary alicyclic amines) is 1. The number of piperidine rings is 1. The lowest BCUT2D eigenvalue weighted by molar-refractivity contribution is -0.123. The normalized spacial score (nSPS) is 17.0. The van der Waals surface area contributed by atoms with Gasteiger partial charge in [-0.3, -0.25) is 4.79 Å². The first-order valence-corrected chi connectivity index (χ1v) is 7.95. The highest BCUT2D eigenvalue weighted by atomic mass is 16.2. The number of nitrogens with zero attached hydrogens (tertiary/aromatic N) is 1. The molecule has 0 bridgehead atoms. The maximum atomic E-state index is 12.1. The van der Waals surface area contributed by atoms with Crippen molar-refractivity contribution in [1.82, 2.24) is 10.2 Å². The van der Waals surface area contributed by atoms with Gasteiger partial charge in [-0.15, -0.1) is 0 Å². The minimum absolute atomic E-state index is 0.0387. The second-order valence-electron chi connectivity index (χ2n) is 6.00. The summed E-state index contributed by atoms with van der Waals surface area (Å²) in [5, 5.41) is 2.97. The maximum Gasteiger partial charge on any atom is 0.317 e. The summed E-state index contributed by atoms with van der Waals surface area (Å²) in [5.74, 6) is 0.0843. The number of primary amides is 1. The maximum absolute atomic E-state index is 12.1. The molecule has 120 valence electrons. The molecule has 1 aromatic carbocycles. The van der Waals surface area contributed by atoms with Gasteiger partial charge in [-0.1, -0.05) is 37.3 Å². The third-order valence-corrected chi connectivity index (χ3v) is 4.41. The van der Waals surface area contributed by atoms with Crippen molar-refractivity contribution in [3.05, 3.63) is 35.9 Å². The average molecular weight is 303 g/mol. The summed E-state index contributed by atoms with van der Waals surface area (Å²) in [7, 11) is 0. The molecule has 1 aliphatic heterocycles. The van der Waals surface area contributed by atoms with Gasteiger partial charge in [0.25, 0.3) is 0 Å². The van der Waals surface area contributed by atoms with Crippen molar-refractivity contribution in [3.63, 3.8) is 0 Å². The van der Waals surface area contributed by atoms with Crippen molar-refractivity contribution in [1.29, 1.82) is 0 Å². The van der Waals surface area contributed by atoms with E-state index < -0.39 is 0 Å². The molecule has 3 amide bonds. The molecular weight excluding hydrogens is 278 g/mol. The highest BCUT2D eigenvalue weighted by Crippen LogP contribution is 2.18. The molecule has 0 radical (unpaired) electrons. The van der Waals surface area contributed by atoms with Gasteiger partial charge in [0.2, 0.25) is 5.91 Å². The molecule has 0 aliphatic carbocycles. The molecule has 2 rings (SSSR count). The van der Waals surface area contributed by atoms with Crippen LogP contribution in [0.25, 0.3) is 0 Å². The minimum Gasteiger partial charge on any atom is -0.369 e. The van der Waals surface area contributed by atoms with Gasteiger partial charge in [0.1, 0.15) is 0 Å². The molecule has 22 heavy (non-hydrogen) atoms. The van der Waals surface area contributed by atoms with Gasteiger partial charge in [-0.2, -0.15) is 0 Å². The van der Waals surface area contributed by atoms with E-state index in [1.807, 2.05) is 18.2 Å². The summed E-state index contributed by atoms with van der Waals surface area (Å²) in [6.07, 6.45) is 2.25. The molecule has 1 aliphatic rings. The number of rotatable bonds is 5. The van der Waals surface area contributed by atoms with E-state index in [9.17, 15) is 9.59 Å². The highest BCUT2D eigenvalue weighted by Gasteiger charge is 2.25. The molecule has 1 atom stereocenters. The van der Waals surface area contributed by atoms with Crippen LogP contribution in [-0.2, 0) is 4.79 Å². The largest absolute Gasteiger partial charge is 0.369 e. The topological polar surface area (TPSA) is 75.4 Å². The van der Waals surface area contributed by atoms with E-state index in [-0.39, 0.29) is 17.9 Å². The summed E-state index contributed by atoms with van der Waals surface area (Å²) < 4.78 is 0. The van der Waals surface area contributed by atoms with Crippen LogP contribution in [0.5, 0.6) is 0 Å². The van der Waals surface area contributed by atoms with Crippen LogP contribution in [0.1, 0.15) is 37.7 Å². The summed E-state index contributed by atoms with van der Waals surface area (Å²) in [6.45, 7) is 4.03. The zero-order valence-corrected chi connectivity index (χ0v) is 13.1. The van der Waals surface area contributed by atoms with Gasteiger partial charge in [0.15, 0.2) is 0 Å². The number of carbonyl (C=O) groups is 2. The Morgan fingerprint density at radius 2 is 1.91 bits per heavy atom. The van der Waals surface area contributed by atoms with E-state index in [2.05, 4.69) is 24.4 Å². The molecule has 1 saturated heterocycles. The third-order valence-electron chi connectivity index (χ3n) is 4.41. The molecule has 0 aromatic heterocycles. The Bertz CT molecular complexity index is 496. The quantitative estimate of drug-likeness (QED) is 0.874. The lowest BCUT2D eigenvalue weighted by Gasteiger charge is -2.30. The Labute approximate surface area is 131 Å². The number of hydrogen-bond donors (Lipinski definition) is 2. The first-order chi connectivity index (χ1) is 10.6. The number of amides is 3. The Kier molecular flexibility index (Phi) is 5.81. The number of hydrogen-bond acceptors (Lipinski definition) is 2. The predicted octanol–water partition coefficient (Wildman–Crippen LogP) is 2.09. The monoisotopic (exact) mass is 303 g/mol. The first-order valence-electron chi connectivity index (χ1n) is 7.95. The second-order valence-corrected chi connectivity index (χ2v) is 6.00. The van der Waals surface area contributed by atoms with Crippen molar-refractivity contribution >= 4 is 11.9 Å². The lowest BCUT2D eigenvalue weighted by Crippen LogP contribution is -2.46. The van der Waals surface area contributed by atoms with Crippen LogP contribution in [0.3, 0.4) is 0 Å². The van der Waals surface area contributed by atoms with Crippen LogP contribution in [0, 0.1) is 5.92 Å². The molecule has 5 nitrogen and oxygen atoms in total. The van der Waals surface area contributed by atoms with Crippen molar-refractivity contribution in [2.45, 2.75) is 32.1 Å². The number of urea groups is 1. The zero-order chi connectivity index (χ0) is 15.9. The number of carbonyl (C=O) groups excluding carboxylic acids is 2. The van der Waals surface area contributed by atoms with Crippen LogP contribution in [0.2, 0.25) is 0 Å². The molecule has 0 unspecified atom stereocenters. The molecule has 5 heteroatoms. The molecular formula is C17H25N3O2. The van der Waals surface area contributed by atoms with Gasteiger partial charge in [0.05, 0.1) is 0 Å². The Balaban J connectivity index is 1.69. The predicted molar refractivity (Wildman–Crippen MR) is 86.4 cm³/mol. The molecule has 1 fully saturated rings. The Hall–Kier alpha value is -2.04. The van der Waals surface area contributed by atoms with Gasteiger partial charge >= 0.3 is 6.03 Å². The fraction of sp³-hybridized carbons (Fsp3) is 0.529. The fourth-order valence-corrected chi connectivity index (χ4v) is 2.82. The fourth-order valence-electron chi connectivity index (χ4n) is 2.82. The summed E-state index contributed by atoms with van der Waals surface area (Å²) in [6, 6.07) is 10.3. The highest BCUT2D eigenvalue weighted by molar-refractivity contribution is 5.78. The van der Waals surface area contributed by atoms with Crippen LogP contribution in [0.4, 0.5) is 4.79 Å². The van der Waals surface area contributed by atoms with E-state index in [1.165, 1.54) is 5.56 Å². The van der Waals surface area contributed by atoms with Gasteiger partial charge in [-0.25, -0.2) is 4.79 Å². The second kappa shape index (κ2) is 7.82. The molecule has 1 aromatic rings. The number of nitrogens with one attached hydrogen (secondary N) is 1. The van der Waals surface area contributed by atoms with Crippen molar-refractivity contribution in [3.8, 4) is 0 Å². The van der Waals surface area contributed by atoms with Gasteiger partial charge < -0.3 is 16.0 Å². The van der Waals surface area contributed by atoms with Crippen LogP contribution >= 0.6 is 0 Å². The summed E-state index contributed by atoms with van der Waals surface area (Å²) in [5.41, 5.74) is 6.59. The van der Waals surface area contributed by atoms with Crippen molar-refractivity contribution < 1.29 is 9.59 Å². The van der Waals surface area contributed by atoms with Gasteiger partial charge in [0, 0.05) is 25.6 Å². The van der Waals surface area contributed by atoms with Crippen molar-refractivity contribution in [2.24, 2.45) is 11.7 Å². The van der Waals surface area contributed by atoms with E-state index >= 15 is 0 Å². The smallest absolute Gasteiger partial charge is 0.317 e. The van der Waals surface area contributed by atoms with Crippen LogP contribution < -0.4 is 11.1 Å². The molecule has 1 heterocycles. The van der Waals surface area contributed by atoms with E-state index in [1.54, 1.807) is 4.90 Å². The van der Waals surface area contributed by atoms with Crippen LogP contribution in [0.15, 0.2) is 30.3 Å². The number of benzene rings is 1.